The van der Waals surface area contributed by atoms with Gasteiger partial charge in [0.05, 0.1) is 5.69 Å². The number of piperazine rings is 1. The van der Waals surface area contributed by atoms with Crippen molar-refractivity contribution in [1.29, 1.82) is 0 Å². The van der Waals surface area contributed by atoms with Crippen LogP contribution in [0.15, 0.2) is 71.9 Å². The summed E-state index contributed by atoms with van der Waals surface area (Å²) in [7, 11) is 0. The molecule has 0 radical (unpaired) electrons. The number of benzene rings is 2. The zero-order valence-electron chi connectivity index (χ0n) is 18.5. The second kappa shape index (κ2) is 10.3. The summed E-state index contributed by atoms with van der Waals surface area (Å²) in [6.45, 7) is 6.44. The zero-order valence-corrected chi connectivity index (χ0v) is 19.2. The highest BCUT2D eigenvalue weighted by atomic mass is 35.5. The van der Waals surface area contributed by atoms with Gasteiger partial charge in [-0.3, -0.25) is 4.99 Å². The molecule has 2 aromatic heterocycles. The lowest BCUT2D eigenvalue weighted by atomic mass is 10.1. The Bertz CT molecular complexity index is 1230. The van der Waals surface area contributed by atoms with Gasteiger partial charge in [-0.05, 0) is 48.3 Å². The molecule has 168 valence electrons. The maximum Gasteiger partial charge on any atom is 0.224 e. The predicted octanol–water partition coefficient (Wildman–Crippen LogP) is 4.46. The summed E-state index contributed by atoms with van der Waals surface area (Å²) >= 11 is 6.29. The van der Waals surface area contributed by atoms with E-state index in [0.717, 1.165) is 79.2 Å². The van der Waals surface area contributed by atoms with Crippen molar-refractivity contribution in [3.05, 3.63) is 77.7 Å². The first-order chi connectivity index (χ1) is 16.3. The minimum Gasteiger partial charge on any atom is -0.314 e. The average molecular weight is 459 g/mol. The first-order valence-electron chi connectivity index (χ1n) is 11.4. The number of rotatable bonds is 7. The number of nitrogens with zero attached hydrogens (tertiary/aromatic N) is 5. The van der Waals surface area contributed by atoms with Crippen molar-refractivity contribution in [2.24, 2.45) is 4.99 Å². The fourth-order valence-electron chi connectivity index (χ4n) is 4.22. The summed E-state index contributed by atoms with van der Waals surface area (Å²) in [5.74, 6) is 0. The second-order valence-corrected chi connectivity index (χ2v) is 8.54. The van der Waals surface area contributed by atoms with E-state index in [2.05, 4.69) is 49.4 Å². The van der Waals surface area contributed by atoms with E-state index in [-0.39, 0.29) is 5.28 Å². The van der Waals surface area contributed by atoms with Crippen molar-refractivity contribution in [2.45, 2.75) is 6.42 Å². The Hall–Kier alpha value is -3.06. The molecule has 0 atom stereocenters. The van der Waals surface area contributed by atoms with Gasteiger partial charge in [0.2, 0.25) is 5.28 Å². The summed E-state index contributed by atoms with van der Waals surface area (Å²) in [6, 6.07) is 20.4. The van der Waals surface area contributed by atoms with Crippen LogP contribution in [0.5, 0.6) is 0 Å². The molecule has 7 heteroatoms. The van der Waals surface area contributed by atoms with Crippen LogP contribution in [0.25, 0.3) is 28.0 Å². The van der Waals surface area contributed by atoms with Crippen LogP contribution in [-0.2, 0) is 0 Å². The van der Waals surface area contributed by atoms with Crippen molar-refractivity contribution in [3.8, 4) is 16.9 Å². The topological polar surface area (TPSA) is 58.3 Å². The molecule has 2 aromatic carbocycles. The zero-order chi connectivity index (χ0) is 22.5. The Kier molecular flexibility index (Phi) is 6.76. The van der Waals surface area contributed by atoms with Gasteiger partial charge in [-0.15, -0.1) is 0 Å². The van der Waals surface area contributed by atoms with E-state index in [1.165, 1.54) is 0 Å². The third-order valence-electron chi connectivity index (χ3n) is 5.95. The molecule has 0 unspecified atom stereocenters. The summed E-state index contributed by atoms with van der Waals surface area (Å²) in [6.07, 6.45) is 5.07. The molecule has 1 N–H and O–H groups in total. The molecule has 1 aliphatic heterocycles. The molecule has 0 spiro atoms. The number of fused-ring (bicyclic) bond motifs is 1. The highest BCUT2D eigenvalue weighted by molar-refractivity contribution is 6.28. The van der Waals surface area contributed by atoms with Crippen molar-refractivity contribution in [1.82, 2.24) is 24.8 Å². The molecule has 0 saturated carbocycles. The first-order valence-corrected chi connectivity index (χ1v) is 11.8. The Labute approximate surface area is 199 Å². The smallest absolute Gasteiger partial charge is 0.224 e. The van der Waals surface area contributed by atoms with E-state index in [1.807, 2.05) is 53.4 Å². The largest absolute Gasteiger partial charge is 0.314 e. The van der Waals surface area contributed by atoms with Crippen LogP contribution < -0.4 is 5.32 Å². The lowest BCUT2D eigenvalue weighted by Gasteiger charge is -2.26. The molecule has 1 saturated heterocycles. The number of nitrogens with one attached hydrogen (secondary N) is 1. The quantitative estimate of drug-likeness (QED) is 0.252. The normalized spacial score (nSPS) is 14.9. The van der Waals surface area contributed by atoms with Crippen LogP contribution >= 0.6 is 11.6 Å². The third-order valence-corrected chi connectivity index (χ3v) is 6.12. The predicted molar refractivity (Wildman–Crippen MR) is 136 cm³/mol. The average Bonchev–Trinajstić information content (AvgIpc) is 3.28. The highest BCUT2D eigenvalue weighted by Crippen LogP contribution is 2.29. The SMILES string of the molecule is Clc1nc(-c2ccccc2)c2ccn(-c3ccc(/C=N/CCCN4CCNCC4)cc3)c2n1. The maximum atomic E-state index is 6.29. The Morgan fingerprint density at radius 3 is 2.55 bits per heavy atom. The van der Waals surface area contributed by atoms with Crippen LogP contribution in [-0.4, -0.2) is 64.9 Å². The Morgan fingerprint density at radius 1 is 0.970 bits per heavy atom. The molecule has 33 heavy (non-hydrogen) atoms. The molecule has 3 heterocycles. The van der Waals surface area contributed by atoms with Crippen molar-refractivity contribution in [2.75, 3.05) is 39.3 Å². The molecule has 4 aromatic rings. The minimum atomic E-state index is 0.242. The lowest BCUT2D eigenvalue weighted by Crippen LogP contribution is -2.43. The molecule has 0 amide bonds. The van der Waals surface area contributed by atoms with Crippen molar-refractivity contribution in [3.63, 3.8) is 0 Å². The molecule has 6 nitrogen and oxygen atoms in total. The van der Waals surface area contributed by atoms with E-state index in [1.54, 1.807) is 0 Å². The Balaban J connectivity index is 1.29. The number of hydrogen-bond acceptors (Lipinski definition) is 5. The summed E-state index contributed by atoms with van der Waals surface area (Å²) in [5, 5.41) is 4.60. The van der Waals surface area contributed by atoms with Crippen LogP contribution in [0.2, 0.25) is 5.28 Å². The summed E-state index contributed by atoms with van der Waals surface area (Å²) < 4.78 is 2.05. The highest BCUT2D eigenvalue weighted by Gasteiger charge is 2.13. The van der Waals surface area contributed by atoms with Gasteiger partial charge in [0.1, 0.15) is 5.65 Å². The van der Waals surface area contributed by atoms with E-state index in [4.69, 9.17) is 11.6 Å². The lowest BCUT2D eigenvalue weighted by molar-refractivity contribution is 0.240. The van der Waals surface area contributed by atoms with Gasteiger partial charge in [-0.1, -0.05) is 42.5 Å². The van der Waals surface area contributed by atoms with E-state index in [0.29, 0.717) is 0 Å². The summed E-state index contributed by atoms with van der Waals surface area (Å²) in [5.41, 5.74) is 4.77. The monoisotopic (exact) mass is 458 g/mol. The number of aromatic nitrogens is 3. The van der Waals surface area contributed by atoms with Gasteiger partial charge in [0.25, 0.3) is 0 Å². The van der Waals surface area contributed by atoms with Gasteiger partial charge in [-0.2, -0.15) is 4.98 Å². The van der Waals surface area contributed by atoms with Crippen LogP contribution in [0.4, 0.5) is 0 Å². The fraction of sp³-hybridized carbons (Fsp3) is 0.269. The van der Waals surface area contributed by atoms with Gasteiger partial charge >= 0.3 is 0 Å². The maximum absolute atomic E-state index is 6.29. The van der Waals surface area contributed by atoms with Crippen molar-refractivity contribution >= 4 is 28.8 Å². The third kappa shape index (κ3) is 5.14. The molecule has 1 fully saturated rings. The summed E-state index contributed by atoms with van der Waals surface area (Å²) in [4.78, 5) is 16.1. The first kappa shape index (κ1) is 21.8. The standard InChI is InChI=1S/C26H27ClN6/c27-26-30-24(21-5-2-1-3-6-21)23-11-16-33(25(23)31-26)22-9-7-20(8-10-22)19-29-12-4-15-32-17-13-28-14-18-32/h1-3,5-11,16,19,28H,4,12-15,17-18H2/b29-19+. The number of aliphatic imine (C=N–C) groups is 1. The molecule has 5 rings (SSSR count). The van der Waals surface area contributed by atoms with Gasteiger partial charge in [0.15, 0.2) is 0 Å². The fourth-order valence-corrected chi connectivity index (χ4v) is 4.39. The van der Waals surface area contributed by atoms with Crippen LogP contribution in [0.1, 0.15) is 12.0 Å². The van der Waals surface area contributed by atoms with Crippen LogP contribution in [0.3, 0.4) is 0 Å². The second-order valence-electron chi connectivity index (χ2n) is 8.20. The van der Waals surface area contributed by atoms with Crippen molar-refractivity contribution < 1.29 is 0 Å². The minimum absolute atomic E-state index is 0.242. The van der Waals surface area contributed by atoms with E-state index in [9.17, 15) is 0 Å². The molecule has 1 aliphatic rings. The molecular formula is C26H27ClN6. The Morgan fingerprint density at radius 2 is 1.76 bits per heavy atom. The molecule has 0 bridgehead atoms. The number of halogens is 1. The number of hydrogen-bond donors (Lipinski definition) is 1. The van der Waals surface area contributed by atoms with E-state index < -0.39 is 0 Å². The van der Waals surface area contributed by atoms with Gasteiger partial charge in [0, 0.05) is 61.8 Å². The molecular weight excluding hydrogens is 432 g/mol. The van der Waals surface area contributed by atoms with Gasteiger partial charge < -0.3 is 14.8 Å². The van der Waals surface area contributed by atoms with Gasteiger partial charge in [-0.25, -0.2) is 4.98 Å². The van der Waals surface area contributed by atoms with E-state index >= 15 is 0 Å². The molecule has 0 aliphatic carbocycles. The van der Waals surface area contributed by atoms with Crippen LogP contribution in [0, 0.1) is 0 Å².